The summed E-state index contributed by atoms with van der Waals surface area (Å²) in [6.07, 6.45) is 6.09. The maximum Gasteiger partial charge on any atom is 0.0730 e. The first-order valence-corrected chi connectivity index (χ1v) is 4.99. The molecular weight excluding hydrogens is 162 g/mol. The van der Waals surface area contributed by atoms with E-state index in [0.717, 1.165) is 29.3 Å². The predicted molar refractivity (Wildman–Crippen MR) is 51.2 cm³/mol. The summed E-state index contributed by atoms with van der Waals surface area (Å²) in [5.74, 6) is 0.894. The lowest BCUT2D eigenvalue weighted by Gasteiger charge is -2.02. The van der Waals surface area contributed by atoms with Crippen LogP contribution in [-0.4, -0.2) is 9.78 Å². The van der Waals surface area contributed by atoms with Crippen LogP contribution in [0, 0.1) is 18.3 Å². The van der Waals surface area contributed by atoms with E-state index in [0.29, 0.717) is 0 Å². The zero-order chi connectivity index (χ0) is 9.05. The number of hydrogen-bond acceptors (Lipinski definition) is 2. The summed E-state index contributed by atoms with van der Waals surface area (Å²) in [6.45, 7) is 3.13. The van der Waals surface area contributed by atoms with Crippen LogP contribution in [-0.2, 0) is 6.54 Å². The number of nitrogen functional groups attached to an aromatic ring is 1. The lowest BCUT2D eigenvalue weighted by Crippen LogP contribution is -2.05. The Morgan fingerprint density at radius 3 is 2.92 bits per heavy atom. The largest absolute Gasteiger partial charge is 0.396 e. The minimum atomic E-state index is 0.771. The van der Waals surface area contributed by atoms with Crippen molar-refractivity contribution in [3.8, 4) is 0 Å². The van der Waals surface area contributed by atoms with Gasteiger partial charge in [0.05, 0.1) is 17.6 Å². The van der Waals surface area contributed by atoms with E-state index in [-0.39, 0.29) is 0 Å². The van der Waals surface area contributed by atoms with Crippen LogP contribution < -0.4 is 5.73 Å². The van der Waals surface area contributed by atoms with Crippen molar-refractivity contribution in [2.75, 3.05) is 5.73 Å². The molecule has 70 valence electrons. The molecule has 0 bridgehead atoms. The van der Waals surface area contributed by atoms with Crippen LogP contribution in [0.2, 0.25) is 0 Å². The molecule has 3 rings (SSSR count). The van der Waals surface area contributed by atoms with Gasteiger partial charge in [0.1, 0.15) is 0 Å². The molecule has 2 fully saturated rings. The molecule has 2 aliphatic carbocycles. The lowest BCUT2D eigenvalue weighted by molar-refractivity contribution is 0.516. The van der Waals surface area contributed by atoms with Crippen LogP contribution in [0.4, 0.5) is 5.69 Å². The SMILES string of the molecule is Cc1c(N)cnn1CC1CC12CC2. The van der Waals surface area contributed by atoms with Crippen molar-refractivity contribution in [3.05, 3.63) is 11.9 Å². The fourth-order valence-electron chi connectivity index (χ4n) is 2.32. The van der Waals surface area contributed by atoms with Crippen LogP contribution in [0.3, 0.4) is 0 Å². The van der Waals surface area contributed by atoms with Gasteiger partial charge in [-0.2, -0.15) is 5.10 Å². The molecule has 1 heterocycles. The van der Waals surface area contributed by atoms with Crippen LogP contribution in [0.1, 0.15) is 25.0 Å². The molecule has 3 heteroatoms. The van der Waals surface area contributed by atoms with Crippen LogP contribution in [0.15, 0.2) is 6.20 Å². The maximum atomic E-state index is 5.74. The van der Waals surface area contributed by atoms with Gasteiger partial charge in [-0.1, -0.05) is 0 Å². The van der Waals surface area contributed by atoms with Gasteiger partial charge in [0.15, 0.2) is 0 Å². The highest BCUT2D eigenvalue weighted by molar-refractivity contribution is 5.39. The summed E-state index contributed by atoms with van der Waals surface area (Å²) in [6, 6.07) is 0. The second-order valence-electron chi connectivity index (χ2n) is 4.63. The third-order valence-corrected chi connectivity index (χ3v) is 3.79. The van der Waals surface area contributed by atoms with Gasteiger partial charge in [0.2, 0.25) is 0 Å². The quantitative estimate of drug-likeness (QED) is 0.745. The Labute approximate surface area is 77.9 Å². The Morgan fingerprint density at radius 2 is 2.46 bits per heavy atom. The van der Waals surface area contributed by atoms with Crippen molar-refractivity contribution in [1.29, 1.82) is 0 Å². The topological polar surface area (TPSA) is 43.8 Å². The van der Waals surface area contributed by atoms with Crippen LogP contribution in [0.25, 0.3) is 0 Å². The standard InChI is InChI=1S/C10H15N3/c1-7-9(11)5-12-13(7)6-8-4-10(8)2-3-10/h5,8H,2-4,6,11H2,1H3. The number of nitrogens with zero attached hydrogens (tertiary/aromatic N) is 2. The highest BCUT2D eigenvalue weighted by atomic mass is 15.3. The molecule has 0 saturated heterocycles. The van der Waals surface area contributed by atoms with E-state index in [4.69, 9.17) is 5.73 Å². The zero-order valence-corrected chi connectivity index (χ0v) is 7.95. The molecule has 1 aromatic heterocycles. The molecule has 1 aromatic rings. The second kappa shape index (κ2) is 2.08. The normalized spacial score (nSPS) is 27.9. The van der Waals surface area contributed by atoms with E-state index in [1.54, 1.807) is 6.20 Å². The summed E-state index contributed by atoms with van der Waals surface area (Å²) >= 11 is 0. The molecule has 1 atom stereocenters. The minimum Gasteiger partial charge on any atom is -0.396 e. The van der Waals surface area contributed by atoms with E-state index in [9.17, 15) is 0 Å². The molecule has 1 unspecified atom stereocenters. The molecular formula is C10H15N3. The smallest absolute Gasteiger partial charge is 0.0730 e. The average Bonchev–Trinajstić information content (AvgIpc) is 2.99. The van der Waals surface area contributed by atoms with Gasteiger partial charge in [0.25, 0.3) is 0 Å². The summed E-state index contributed by atoms with van der Waals surface area (Å²) < 4.78 is 2.06. The van der Waals surface area contributed by atoms with Crippen molar-refractivity contribution >= 4 is 5.69 Å². The molecule has 0 aromatic carbocycles. The first kappa shape index (κ1) is 7.42. The number of rotatable bonds is 2. The molecule has 0 amide bonds. The molecule has 13 heavy (non-hydrogen) atoms. The van der Waals surface area contributed by atoms with E-state index < -0.39 is 0 Å². The Hall–Kier alpha value is -0.990. The number of hydrogen-bond donors (Lipinski definition) is 1. The summed E-state index contributed by atoms with van der Waals surface area (Å²) in [4.78, 5) is 0. The predicted octanol–water partition coefficient (Wildman–Crippen LogP) is 1.57. The first-order chi connectivity index (χ1) is 6.21. The third-order valence-electron chi connectivity index (χ3n) is 3.79. The van der Waals surface area contributed by atoms with Crippen LogP contribution >= 0.6 is 0 Å². The zero-order valence-electron chi connectivity index (χ0n) is 7.95. The van der Waals surface area contributed by atoms with Gasteiger partial charge < -0.3 is 5.73 Å². The van der Waals surface area contributed by atoms with Crippen molar-refractivity contribution in [2.24, 2.45) is 11.3 Å². The van der Waals surface area contributed by atoms with Crippen molar-refractivity contribution in [1.82, 2.24) is 9.78 Å². The van der Waals surface area contributed by atoms with Gasteiger partial charge in [-0.05, 0) is 37.5 Å². The van der Waals surface area contributed by atoms with E-state index in [2.05, 4.69) is 9.78 Å². The molecule has 2 N–H and O–H groups in total. The Bertz CT molecular complexity index is 349. The molecule has 2 aliphatic rings. The van der Waals surface area contributed by atoms with Crippen LogP contribution in [0.5, 0.6) is 0 Å². The van der Waals surface area contributed by atoms with E-state index in [1.807, 2.05) is 6.92 Å². The summed E-state index contributed by atoms with van der Waals surface area (Å²) in [7, 11) is 0. The fourth-order valence-corrected chi connectivity index (χ4v) is 2.32. The summed E-state index contributed by atoms with van der Waals surface area (Å²) in [5.41, 5.74) is 8.46. The van der Waals surface area contributed by atoms with Crippen molar-refractivity contribution in [3.63, 3.8) is 0 Å². The van der Waals surface area contributed by atoms with Gasteiger partial charge in [-0.3, -0.25) is 4.68 Å². The Morgan fingerprint density at radius 1 is 1.69 bits per heavy atom. The fraction of sp³-hybridized carbons (Fsp3) is 0.700. The molecule has 3 nitrogen and oxygen atoms in total. The molecule has 0 radical (unpaired) electrons. The average molecular weight is 177 g/mol. The highest BCUT2D eigenvalue weighted by Crippen LogP contribution is 2.71. The molecule has 1 spiro atoms. The van der Waals surface area contributed by atoms with Gasteiger partial charge in [0, 0.05) is 6.54 Å². The lowest BCUT2D eigenvalue weighted by atomic mass is 10.3. The first-order valence-electron chi connectivity index (χ1n) is 4.99. The number of nitrogens with two attached hydrogens (primary N) is 1. The highest BCUT2D eigenvalue weighted by Gasteiger charge is 2.62. The minimum absolute atomic E-state index is 0.771. The Kier molecular flexibility index (Phi) is 1.19. The maximum absolute atomic E-state index is 5.74. The van der Waals surface area contributed by atoms with Crippen molar-refractivity contribution in [2.45, 2.75) is 32.7 Å². The third kappa shape index (κ3) is 0.992. The Balaban J connectivity index is 1.75. The van der Waals surface area contributed by atoms with E-state index >= 15 is 0 Å². The summed E-state index contributed by atoms with van der Waals surface area (Å²) in [5, 5.41) is 4.28. The van der Waals surface area contributed by atoms with Gasteiger partial charge in [-0.25, -0.2) is 0 Å². The second-order valence-corrected chi connectivity index (χ2v) is 4.63. The number of anilines is 1. The van der Waals surface area contributed by atoms with Gasteiger partial charge in [-0.15, -0.1) is 0 Å². The van der Waals surface area contributed by atoms with Crippen molar-refractivity contribution < 1.29 is 0 Å². The molecule has 0 aliphatic heterocycles. The monoisotopic (exact) mass is 177 g/mol. The molecule has 2 saturated carbocycles. The number of aromatic nitrogens is 2. The van der Waals surface area contributed by atoms with Gasteiger partial charge >= 0.3 is 0 Å². The van der Waals surface area contributed by atoms with E-state index in [1.165, 1.54) is 19.3 Å².